The zero-order chi connectivity index (χ0) is 12.0. The molecule has 0 fully saturated rings. The maximum Gasteiger partial charge on any atom is 0.119 e. The van der Waals surface area contributed by atoms with Crippen molar-refractivity contribution >= 4 is 0 Å². The molecule has 0 aliphatic rings. The van der Waals surface area contributed by atoms with Crippen LogP contribution in [-0.2, 0) is 0 Å². The summed E-state index contributed by atoms with van der Waals surface area (Å²) in [5.41, 5.74) is 1.20. The van der Waals surface area contributed by atoms with Crippen LogP contribution in [0, 0.1) is 0 Å². The maximum atomic E-state index is 9.16. The van der Waals surface area contributed by atoms with Crippen LogP contribution in [0.25, 0.3) is 0 Å². The molecule has 1 rings (SSSR count). The largest absolute Gasteiger partial charge is 0.497 e. The molecule has 0 bridgehead atoms. The lowest BCUT2D eigenvalue weighted by Crippen LogP contribution is -2.22. The van der Waals surface area contributed by atoms with Gasteiger partial charge in [-0.1, -0.05) is 12.1 Å². The highest BCUT2D eigenvalue weighted by Gasteiger charge is 2.05. The summed E-state index contributed by atoms with van der Waals surface area (Å²) < 4.78 is 5.18. The van der Waals surface area contributed by atoms with Crippen molar-refractivity contribution in [3.63, 3.8) is 0 Å². The number of aliphatic hydroxyl groups excluding tert-OH is 1. The van der Waals surface area contributed by atoms with Gasteiger partial charge >= 0.3 is 0 Å². The van der Waals surface area contributed by atoms with E-state index in [4.69, 9.17) is 9.84 Å². The molecule has 0 heterocycles. The minimum atomic E-state index is -0.245. The smallest absolute Gasteiger partial charge is 0.119 e. The predicted molar refractivity (Wildman–Crippen MR) is 65.7 cm³/mol. The molecule has 0 aliphatic heterocycles. The summed E-state index contributed by atoms with van der Waals surface area (Å²) in [5, 5.41) is 12.5. The highest BCUT2D eigenvalue weighted by atomic mass is 16.5. The number of aliphatic hydroxyl groups is 1. The lowest BCUT2D eigenvalue weighted by molar-refractivity contribution is 0.182. The second kappa shape index (κ2) is 6.51. The Morgan fingerprint density at radius 1 is 1.38 bits per heavy atom. The molecule has 0 aliphatic carbocycles. The molecular weight excluding hydrogens is 202 g/mol. The summed E-state index contributed by atoms with van der Waals surface area (Å²) in [4.78, 5) is 0. The number of ether oxygens (including phenoxy) is 1. The van der Waals surface area contributed by atoms with Gasteiger partial charge in [0.05, 0.1) is 13.2 Å². The maximum absolute atomic E-state index is 9.16. The summed E-state index contributed by atoms with van der Waals surface area (Å²) in [7, 11) is 1.67. The van der Waals surface area contributed by atoms with Gasteiger partial charge in [-0.3, -0.25) is 0 Å². The Morgan fingerprint density at radius 2 is 2.12 bits per heavy atom. The number of hydrogen-bond donors (Lipinski definition) is 2. The van der Waals surface area contributed by atoms with Crippen molar-refractivity contribution < 1.29 is 9.84 Å². The van der Waals surface area contributed by atoms with Crippen LogP contribution >= 0.6 is 0 Å². The van der Waals surface area contributed by atoms with Crippen LogP contribution in [0.3, 0.4) is 0 Å². The van der Waals surface area contributed by atoms with E-state index in [1.54, 1.807) is 14.0 Å². The van der Waals surface area contributed by atoms with Crippen LogP contribution in [0.4, 0.5) is 0 Å². The minimum Gasteiger partial charge on any atom is -0.497 e. The average molecular weight is 223 g/mol. The van der Waals surface area contributed by atoms with Gasteiger partial charge in [0, 0.05) is 6.04 Å². The van der Waals surface area contributed by atoms with Gasteiger partial charge in [-0.15, -0.1) is 0 Å². The Labute approximate surface area is 97.4 Å². The molecule has 0 radical (unpaired) electrons. The van der Waals surface area contributed by atoms with Gasteiger partial charge in [0.1, 0.15) is 5.75 Å². The van der Waals surface area contributed by atoms with Gasteiger partial charge in [-0.05, 0) is 44.5 Å². The van der Waals surface area contributed by atoms with Crippen LogP contribution in [0.15, 0.2) is 24.3 Å². The third-order valence-electron chi connectivity index (χ3n) is 2.61. The zero-order valence-electron chi connectivity index (χ0n) is 10.2. The summed E-state index contributed by atoms with van der Waals surface area (Å²) >= 11 is 0. The molecule has 1 aromatic rings. The molecule has 16 heavy (non-hydrogen) atoms. The second-order valence-corrected chi connectivity index (χ2v) is 4.09. The van der Waals surface area contributed by atoms with Crippen molar-refractivity contribution in [3.8, 4) is 5.75 Å². The number of rotatable bonds is 6. The summed E-state index contributed by atoms with van der Waals surface area (Å²) in [6.07, 6.45) is 0.527. The quantitative estimate of drug-likeness (QED) is 0.776. The number of nitrogens with one attached hydrogen (secondary N) is 1. The topological polar surface area (TPSA) is 41.5 Å². The normalized spacial score (nSPS) is 14.5. The monoisotopic (exact) mass is 223 g/mol. The van der Waals surface area contributed by atoms with Crippen molar-refractivity contribution in [2.45, 2.75) is 32.4 Å². The summed E-state index contributed by atoms with van der Waals surface area (Å²) in [6, 6.07) is 8.30. The van der Waals surface area contributed by atoms with E-state index in [1.807, 2.05) is 18.2 Å². The van der Waals surface area contributed by atoms with Crippen LogP contribution in [0.1, 0.15) is 31.9 Å². The van der Waals surface area contributed by atoms with Crippen molar-refractivity contribution in [1.29, 1.82) is 0 Å². The fourth-order valence-corrected chi connectivity index (χ4v) is 1.54. The third-order valence-corrected chi connectivity index (χ3v) is 2.61. The van der Waals surface area contributed by atoms with E-state index in [0.717, 1.165) is 18.7 Å². The number of methoxy groups -OCH3 is 1. The fourth-order valence-electron chi connectivity index (χ4n) is 1.54. The first-order valence-corrected chi connectivity index (χ1v) is 5.69. The number of hydrogen-bond acceptors (Lipinski definition) is 3. The standard InChI is InChI=1S/C13H21NO2/c1-10(15)7-8-14-11(2)12-5-4-6-13(9-12)16-3/h4-6,9-11,14-15H,7-8H2,1-3H3. The molecule has 0 saturated heterocycles. The van der Waals surface area contributed by atoms with E-state index in [0.29, 0.717) is 0 Å². The molecule has 2 N–H and O–H groups in total. The van der Waals surface area contributed by atoms with Crippen molar-refractivity contribution in [2.75, 3.05) is 13.7 Å². The Balaban J connectivity index is 2.48. The Morgan fingerprint density at radius 3 is 2.75 bits per heavy atom. The van der Waals surface area contributed by atoms with Gasteiger partial charge in [0.25, 0.3) is 0 Å². The van der Waals surface area contributed by atoms with E-state index in [-0.39, 0.29) is 12.1 Å². The van der Waals surface area contributed by atoms with Crippen molar-refractivity contribution in [2.24, 2.45) is 0 Å². The molecule has 0 spiro atoms. The van der Waals surface area contributed by atoms with Crippen LogP contribution in [-0.4, -0.2) is 24.9 Å². The average Bonchev–Trinajstić information content (AvgIpc) is 2.28. The van der Waals surface area contributed by atoms with E-state index < -0.39 is 0 Å². The molecule has 3 nitrogen and oxygen atoms in total. The third kappa shape index (κ3) is 4.21. The molecule has 0 aromatic heterocycles. The van der Waals surface area contributed by atoms with Crippen LogP contribution < -0.4 is 10.1 Å². The SMILES string of the molecule is COc1cccc(C(C)NCCC(C)O)c1. The lowest BCUT2D eigenvalue weighted by Gasteiger charge is -2.15. The highest BCUT2D eigenvalue weighted by Crippen LogP contribution is 2.18. The second-order valence-electron chi connectivity index (χ2n) is 4.09. The molecule has 0 saturated carbocycles. The summed E-state index contributed by atoms with van der Waals surface area (Å²) in [5.74, 6) is 0.877. The molecular formula is C13H21NO2. The molecule has 2 atom stereocenters. The van der Waals surface area contributed by atoms with Crippen LogP contribution in [0.5, 0.6) is 5.75 Å². The van der Waals surface area contributed by atoms with Crippen molar-refractivity contribution in [3.05, 3.63) is 29.8 Å². The van der Waals surface area contributed by atoms with Gasteiger partial charge < -0.3 is 15.2 Å². The zero-order valence-corrected chi connectivity index (χ0v) is 10.2. The van der Waals surface area contributed by atoms with Gasteiger partial charge in [-0.25, -0.2) is 0 Å². The summed E-state index contributed by atoms with van der Waals surface area (Å²) in [6.45, 7) is 4.73. The van der Waals surface area contributed by atoms with Crippen LogP contribution in [0.2, 0.25) is 0 Å². The highest BCUT2D eigenvalue weighted by molar-refractivity contribution is 5.30. The Hall–Kier alpha value is -1.06. The molecule has 90 valence electrons. The fraction of sp³-hybridized carbons (Fsp3) is 0.538. The molecule has 0 amide bonds. The van der Waals surface area contributed by atoms with E-state index in [1.165, 1.54) is 5.56 Å². The first kappa shape index (κ1) is 13.0. The first-order chi connectivity index (χ1) is 7.63. The molecule has 3 heteroatoms. The van der Waals surface area contributed by atoms with Gasteiger partial charge in [0.15, 0.2) is 0 Å². The van der Waals surface area contributed by atoms with Crippen molar-refractivity contribution in [1.82, 2.24) is 5.32 Å². The Kier molecular flexibility index (Phi) is 5.29. The number of benzene rings is 1. The predicted octanol–water partition coefficient (Wildman–Crippen LogP) is 2.12. The van der Waals surface area contributed by atoms with Gasteiger partial charge in [-0.2, -0.15) is 0 Å². The molecule has 1 aromatic carbocycles. The van der Waals surface area contributed by atoms with Gasteiger partial charge in [0.2, 0.25) is 0 Å². The van der Waals surface area contributed by atoms with E-state index in [2.05, 4.69) is 18.3 Å². The van der Waals surface area contributed by atoms with E-state index in [9.17, 15) is 0 Å². The molecule has 2 unspecified atom stereocenters. The first-order valence-electron chi connectivity index (χ1n) is 5.69. The lowest BCUT2D eigenvalue weighted by atomic mass is 10.1. The van der Waals surface area contributed by atoms with E-state index >= 15 is 0 Å². The minimum absolute atomic E-state index is 0.245. The Bertz CT molecular complexity index is 313.